The van der Waals surface area contributed by atoms with Crippen LogP contribution in [0.3, 0.4) is 0 Å². The topological polar surface area (TPSA) is 114 Å². The summed E-state index contributed by atoms with van der Waals surface area (Å²) in [6.45, 7) is 0. The molecule has 38 heavy (non-hydrogen) atoms. The van der Waals surface area contributed by atoms with Crippen LogP contribution in [0.25, 0.3) is 21.8 Å². The van der Waals surface area contributed by atoms with Gasteiger partial charge in [-0.3, -0.25) is 10.1 Å². The number of rotatable bonds is 7. The highest BCUT2D eigenvalue weighted by atomic mass is 16.5. The molecule has 2 aromatic heterocycles. The molecule has 5 aromatic rings. The van der Waals surface area contributed by atoms with Gasteiger partial charge in [0.05, 0.1) is 32.9 Å². The summed E-state index contributed by atoms with van der Waals surface area (Å²) < 4.78 is 17.2. The number of aromatic amines is 2. The smallest absolute Gasteiger partial charge is 0.234 e. The number of H-pyrrole nitrogens is 2. The maximum atomic E-state index is 12.8. The Balaban J connectivity index is 1.69. The summed E-state index contributed by atoms with van der Waals surface area (Å²) in [7, 11) is 4.87. The first-order valence-corrected chi connectivity index (χ1v) is 12.5. The molecule has 0 saturated carbocycles. The van der Waals surface area contributed by atoms with E-state index in [1.807, 2.05) is 48.7 Å². The SMILES string of the molecule is COc1cc(OC)c(C[C@]2(c3c[nH]c4ccccc34)N[C@@H](C(N)=O)Cc3c2[nH]c2ccccc32)c(OC)c1. The van der Waals surface area contributed by atoms with Crippen LogP contribution in [0, 0.1) is 0 Å². The van der Waals surface area contributed by atoms with E-state index < -0.39 is 17.5 Å². The highest BCUT2D eigenvalue weighted by Crippen LogP contribution is 2.47. The summed E-state index contributed by atoms with van der Waals surface area (Å²) in [6.07, 6.45) is 2.91. The van der Waals surface area contributed by atoms with Gasteiger partial charge in [-0.15, -0.1) is 0 Å². The van der Waals surface area contributed by atoms with Crippen molar-refractivity contribution >= 4 is 27.7 Å². The molecule has 0 bridgehead atoms. The van der Waals surface area contributed by atoms with Crippen molar-refractivity contribution in [1.82, 2.24) is 15.3 Å². The molecule has 194 valence electrons. The first-order valence-electron chi connectivity index (χ1n) is 12.5. The van der Waals surface area contributed by atoms with Gasteiger partial charge in [0.2, 0.25) is 5.91 Å². The molecule has 0 aliphatic carbocycles. The highest BCUT2D eigenvalue weighted by molar-refractivity contribution is 5.91. The molecule has 1 amide bonds. The number of nitrogens with one attached hydrogen (secondary N) is 3. The summed E-state index contributed by atoms with van der Waals surface area (Å²) in [5, 5.41) is 5.81. The second-order valence-corrected chi connectivity index (χ2v) is 9.67. The number of methoxy groups -OCH3 is 3. The van der Waals surface area contributed by atoms with E-state index in [9.17, 15) is 4.79 Å². The lowest BCUT2D eigenvalue weighted by Crippen LogP contribution is -2.58. The number of benzene rings is 3. The van der Waals surface area contributed by atoms with Gasteiger partial charge in [-0.05, 0) is 24.1 Å². The second kappa shape index (κ2) is 9.15. The fourth-order valence-corrected chi connectivity index (χ4v) is 5.96. The predicted molar refractivity (Wildman–Crippen MR) is 147 cm³/mol. The minimum Gasteiger partial charge on any atom is -0.496 e. The zero-order chi connectivity index (χ0) is 26.4. The number of para-hydroxylation sites is 2. The molecule has 8 heteroatoms. The van der Waals surface area contributed by atoms with E-state index in [1.54, 1.807) is 21.3 Å². The Morgan fingerprint density at radius 2 is 1.61 bits per heavy atom. The molecule has 3 heterocycles. The maximum Gasteiger partial charge on any atom is 0.234 e. The summed E-state index contributed by atoms with van der Waals surface area (Å²) >= 11 is 0. The second-order valence-electron chi connectivity index (χ2n) is 9.67. The summed E-state index contributed by atoms with van der Waals surface area (Å²) in [4.78, 5) is 19.9. The van der Waals surface area contributed by atoms with E-state index in [0.717, 1.165) is 44.2 Å². The van der Waals surface area contributed by atoms with Crippen LogP contribution >= 0.6 is 0 Å². The van der Waals surface area contributed by atoms with Crippen LogP contribution < -0.4 is 25.3 Å². The van der Waals surface area contributed by atoms with Crippen LogP contribution in [-0.4, -0.2) is 43.2 Å². The molecule has 5 N–H and O–H groups in total. The number of aromatic nitrogens is 2. The number of carbonyl (C=O) groups is 1. The molecule has 3 aromatic carbocycles. The largest absolute Gasteiger partial charge is 0.496 e. The lowest BCUT2D eigenvalue weighted by molar-refractivity contribution is -0.120. The number of primary amides is 1. The summed E-state index contributed by atoms with van der Waals surface area (Å²) in [5.41, 5.74) is 11.0. The third-order valence-corrected chi connectivity index (χ3v) is 7.72. The number of carbonyl (C=O) groups excluding carboxylic acids is 1. The molecule has 1 aliphatic rings. The average Bonchev–Trinajstić information content (AvgIpc) is 3.55. The van der Waals surface area contributed by atoms with Crippen molar-refractivity contribution in [3.8, 4) is 17.2 Å². The van der Waals surface area contributed by atoms with Gasteiger partial charge < -0.3 is 29.9 Å². The molecule has 6 rings (SSSR count). The Bertz CT molecular complexity index is 1640. The Hall–Kier alpha value is -4.43. The monoisotopic (exact) mass is 510 g/mol. The van der Waals surface area contributed by atoms with Crippen molar-refractivity contribution in [2.24, 2.45) is 5.73 Å². The average molecular weight is 511 g/mol. The molecular formula is C30H30N4O4. The normalized spacial score (nSPS) is 18.9. The Labute approximate surface area is 220 Å². The molecule has 0 spiro atoms. The zero-order valence-corrected chi connectivity index (χ0v) is 21.6. The van der Waals surface area contributed by atoms with E-state index >= 15 is 0 Å². The summed E-state index contributed by atoms with van der Waals surface area (Å²) in [6, 6.07) is 19.4. The molecule has 8 nitrogen and oxygen atoms in total. The predicted octanol–water partition coefficient (Wildman–Crippen LogP) is 4.16. The number of fused-ring (bicyclic) bond motifs is 4. The van der Waals surface area contributed by atoms with E-state index in [2.05, 4.69) is 33.5 Å². The Morgan fingerprint density at radius 1 is 0.947 bits per heavy atom. The number of hydrogen-bond donors (Lipinski definition) is 4. The van der Waals surface area contributed by atoms with E-state index in [1.165, 1.54) is 0 Å². The van der Waals surface area contributed by atoms with Gasteiger partial charge in [-0.1, -0.05) is 36.4 Å². The lowest BCUT2D eigenvalue weighted by atomic mass is 9.74. The van der Waals surface area contributed by atoms with Crippen LogP contribution in [0.4, 0.5) is 0 Å². The van der Waals surface area contributed by atoms with Crippen LogP contribution in [0.5, 0.6) is 17.2 Å². The van der Waals surface area contributed by atoms with Gasteiger partial charge in [-0.25, -0.2) is 0 Å². The van der Waals surface area contributed by atoms with Gasteiger partial charge in [-0.2, -0.15) is 0 Å². The number of hydrogen-bond acceptors (Lipinski definition) is 5. The molecule has 1 aliphatic heterocycles. The maximum absolute atomic E-state index is 12.8. The highest BCUT2D eigenvalue weighted by Gasteiger charge is 2.47. The lowest BCUT2D eigenvalue weighted by Gasteiger charge is -2.42. The van der Waals surface area contributed by atoms with Crippen molar-refractivity contribution in [1.29, 1.82) is 0 Å². The van der Waals surface area contributed by atoms with Gasteiger partial charge in [0.25, 0.3) is 0 Å². The third-order valence-electron chi connectivity index (χ3n) is 7.72. The molecule has 2 atom stereocenters. The fraction of sp³-hybridized carbons (Fsp3) is 0.233. The van der Waals surface area contributed by atoms with Gasteiger partial charge in [0.1, 0.15) is 17.2 Å². The number of nitrogens with two attached hydrogens (primary N) is 1. The fourth-order valence-electron chi connectivity index (χ4n) is 5.96. The number of amides is 1. The zero-order valence-electron chi connectivity index (χ0n) is 21.6. The third kappa shape index (κ3) is 3.60. The van der Waals surface area contributed by atoms with Crippen LogP contribution in [0.2, 0.25) is 0 Å². The van der Waals surface area contributed by atoms with Crippen LogP contribution in [0.1, 0.15) is 22.4 Å². The molecule has 0 unspecified atom stereocenters. The molecule has 0 saturated heterocycles. The molecular weight excluding hydrogens is 480 g/mol. The number of ether oxygens (including phenoxy) is 3. The molecule has 0 radical (unpaired) electrons. The minimum atomic E-state index is -0.874. The van der Waals surface area contributed by atoms with Crippen molar-refractivity contribution in [2.45, 2.75) is 24.4 Å². The van der Waals surface area contributed by atoms with Crippen molar-refractivity contribution in [3.05, 3.63) is 89.2 Å². The van der Waals surface area contributed by atoms with E-state index in [-0.39, 0.29) is 0 Å². The standard InChI is InChI=1S/C30H30N4O4/c1-36-17-12-26(37-2)21(27(13-17)38-3)15-30(22-16-32-23-10-6-5-9-19(22)23)28-20(14-25(34-30)29(31)35)18-8-4-7-11-24(18)33-28/h4-13,16,25,32-34H,14-15H2,1-3H3,(H2,31,35)/t25-,30-/m1/s1. The van der Waals surface area contributed by atoms with E-state index in [0.29, 0.717) is 30.1 Å². The quantitative estimate of drug-likeness (QED) is 0.263. The Kier molecular flexibility index (Phi) is 5.76. The van der Waals surface area contributed by atoms with Crippen LogP contribution in [-0.2, 0) is 23.2 Å². The van der Waals surface area contributed by atoms with Crippen molar-refractivity contribution < 1.29 is 19.0 Å². The minimum absolute atomic E-state index is 0.404. The Morgan fingerprint density at radius 3 is 2.26 bits per heavy atom. The van der Waals surface area contributed by atoms with Gasteiger partial charge >= 0.3 is 0 Å². The van der Waals surface area contributed by atoms with Gasteiger partial charge in [0.15, 0.2) is 0 Å². The summed E-state index contributed by atoms with van der Waals surface area (Å²) in [5.74, 6) is 1.47. The first-order chi connectivity index (χ1) is 18.5. The van der Waals surface area contributed by atoms with Crippen LogP contribution in [0.15, 0.2) is 66.9 Å². The molecule has 0 fully saturated rings. The first kappa shape index (κ1) is 23.9. The van der Waals surface area contributed by atoms with E-state index in [4.69, 9.17) is 19.9 Å². The van der Waals surface area contributed by atoms with Crippen molar-refractivity contribution in [2.75, 3.05) is 21.3 Å². The van der Waals surface area contributed by atoms with Gasteiger partial charge in [0, 0.05) is 63.4 Å². The van der Waals surface area contributed by atoms with Crippen molar-refractivity contribution in [3.63, 3.8) is 0 Å².